The molecule has 0 amide bonds. The fourth-order valence-electron chi connectivity index (χ4n) is 6.14. The first-order valence-electron chi connectivity index (χ1n) is 11.1. The summed E-state index contributed by atoms with van der Waals surface area (Å²) in [6.07, 6.45) is 2.78. The van der Waals surface area contributed by atoms with Gasteiger partial charge in [-0.25, -0.2) is 9.59 Å². The maximum absolute atomic E-state index is 14.4. The third-order valence-electron chi connectivity index (χ3n) is 7.17. The second-order valence-electron chi connectivity index (χ2n) is 8.57. The summed E-state index contributed by atoms with van der Waals surface area (Å²) in [5.41, 5.74) is 0.868. The summed E-state index contributed by atoms with van der Waals surface area (Å²) in [4.78, 5) is 43.3. The Morgan fingerprint density at radius 2 is 1.70 bits per heavy atom. The summed E-state index contributed by atoms with van der Waals surface area (Å²) < 4.78 is 10.4. The molecule has 2 aromatic carbocycles. The molecule has 0 radical (unpaired) electrons. The number of esters is 2. The van der Waals surface area contributed by atoms with E-state index < -0.39 is 28.7 Å². The summed E-state index contributed by atoms with van der Waals surface area (Å²) in [5.74, 6) is -1.96. The Hall–Kier alpha value is -3.51. The monoisotopic (exact) mass is 443 g/mol. The van der Waals surface area contributed by atoms with Crippen LogP contribution in [0.3, 0.4) is 0 Å². The van der Waals surface area contributed by atoms with Gasteiger partial charge < -0.3 is 9.47 Å². The van der Waals surface area contributed by atoms with E-state index in [0.717, 1.165) is 28.7 Å². The van der Waals surface area contributed by atoms with Crippen LogP contribution in [0.25, 0.3) is 11.6 Å². The summed E-state index contributed by atoms with van der Waals surface area (Å²) in [6, 6.07) is 17.2. The zero-order chi connectivity index (χ0) is 23.4. The molecule has 5 rings (SSSR count). The van der Waals surface area contributed by atoms with E-state index in [9.17, 15) is 14.4 Å². The average molecular weight is 443 g/mol. The highest BCUT2D eigenvalue weighted by Crippen LogP contribution is 2.66. The minimum atomic E-state index is -1.72. The number of rotatable bonds is 5. The van der Waals surface area contributed by atoms with Crippen LogP contribution in [0, 0.1) is 0 Å². The lowest BCUT2D eigenvalue weighted by Crippen LogP contribution is -2.65. The van der Waals surface area contributed by atoms with Crippen molar-refractivity contribution in [3.8, 4) is 0 Å². The van der Waals surface area contributed by atoms with E-state index >= 15 is 0 Å². The van der Waals surface area contributed by atoms with Gasteiger partial charge in [0.05, 0.1) is 19.6 Å². The maximum atomic E-state index is 14.4. The molecule has 168 valence electrons. The number of ether oxygens (including phenoxy) is 2. The molecule has 1 saturated heterocycles. The molecule has 6 nitrogen and oxygen atoms in total. The first-order valence-corrected chi connectivity index (χ1v) is 11.1. The number of carbonyl (C=O) groups is 3. The summed E-state index contributed by atoms with van der Waals surface area (Å²) in [7, 11) is 2.55. The van der Waals surface area contributed by atoms with Crippen LogP contribution in [-0.2, 0) is 29.3 Å². The van der Waals surface area contributed by atoms with Crippen LogP contribution in [0.5, 0.6) is 0 Å². The molecule has 0 spiro atoms. The quantitative estimate of drug-likeness (QED) is 0.402. The molecule has 6 heteroatoms. The maximum Gasteiger partial charge on any atom is 0.341 e. The van der Waals surface area contributed by atoms with Crippen molar-refractivity contribution in [3.05, 3.63) is 82.4 Å². The standard InChI is InChI=1S/C27H25NO5/c1-4-14-28-16-19-15-17-10-8-9-13-20(17)22-21(24(30)32-2)23(29)27(28,25(31)33-3)26(19,22)18-11-6-5-7-12-18/h5-13,15H,4,14,16H2,1-3H3/t26-,27-/m1/s1. The number of Topliss-reactive ketones (excluding diaryl/α,β-unsaturated/α-hetero) is 1. The van der Waals surface area contributed by atoms with Crippen LogP contribution < -0.4 is 0 Å². The van der Waals surface area contributed by atoms with Gasteiger partial charge in [-0.15, -0.1) is 0 Å². The first kappa shape index (κ1) is 21.3. The number of hydrogen-bond donors (Lipinski definition) is 0. The second kappa shape index (κ2) is 7.52. The third kappa shape index (κ3) is 2.39. The van der Waals surface area contributed by atoms with Gasteiger partial charge in [-0.1, -0.05) is 67.6 Å². The molecule has 0 aromatic heterocycles. The van der Waals surface area contributed by atoms with E-state index in [1.165, 1.54) is 14.2 Å². The average Bonchev–Trinajstić information content (AvgIpc) is 3.28. The predicted octanol–water partition coefficient (Wildman–Crippen LogP) is 3.17. The lowest BCUT2D eigenvalue weighted by Gasteiger charge is -2.44. The number of carbonyl (C=O) groups excluding carboxylic acids is 3. The SMILES string of the molecule is CCCN1CC2=Cc3ccccc3C3=C(C(=O)OC)C(=O)[C@@]1(C(=O)OC)[C@]23c1ccccc1. The molecule has 1 heterocycles. The molecule has 2 atom stereocenters. The highest BCUT2D eigenvalue weighted by Gasteiger charge is 2.78. The van der Waals surface area contributed by atoms with Crippen LogP contribution in [-0.4, -0.2) is 55.5 Å². The predicted molar refractivity (Wildman–Crippen MR) is 123 cm³/mol. The topological polar surface area (TPSA) is 72.9 Å². The van der Waals surface area contributed by atoms with Crippen molar-refractivity contribution in [1.29, 1.82) is 0 Å². The number of methoxy groups -OCH3 is 2. The van der Waals surface area contributed by atoms with Gasteiger partial charge >= 0.3 is 11.9 Å². The van der Waals surface area contributed by atoms with Gasteiger partial charge in [0, 0.05) is 6.54 Å². The number of ketones is 1. The Kier molecular flexibility index (Phi) is 4.87. The number of benzene rings is 2. The Bertz CT molecular complexity index is 1240. The number of hydrogen-bond acceptors (Lipinski definition) is 6. The first-order chi connectivity index (χ1) is 16.0. The van der Waals surface area contributed by atoms with Crippen molar-refractivity contribution >= 4 is 29.4 Å². The molecule has 0 N–H and O–H groups in total. The van der Waals surface area contributed by atoms with Gasteiger partial charge in [0.15, 0.2) is 0 Å². The Balaban J connectivity index is 2.01. The smallest absolute Gasteiger partial charge is 0.341 e. The molecule has 0 bridgehead atoms. The van der Waals surface area contributed by atoms with Gasteiger partial charge in [0.2, 0.25) is 11.3 Å². The van der Waals surface area contributed by atoms with Crippen LogP contribution in [0.1, 0.15) is 30.0 Å². The molecule has 0 unspecified atom stereocenters. The number of likely N-dealkylation sites (tertiary alicyclic amines) is 1. The van der Waals surface area contributed by atoms with Crippen molar-refractivity contribution in [2.24, 2.45) is 0 Å². The normalized spacial score (nSPS) is 25.4. The van der Waals surface area contributed by atoms with Crippen LogP contribution >= 0.6 is 0 Å². The summed E-state index contributed by atoms with van der Waals surface area (Å²) >= 11 is 0. The molecule has 2 aromatic rings. The molecule has 2 aliphatic carbocycles. The van der Waals surface area contributed by atoms with Crippen LogP contribution in [0.4, 0.5) is 0 Å². The van der Waals surface area contributed by atoms with E-state index in [2.05, 4.69) is 6.08 Å². The zero-order valence-electron chi connectivity index (χ0n) is 18.9. The second-order valence-corrected chi connectivity index (χ2v) is 8.57. The minimum absolute atomic E-state index is 0.0781. The lowest BCUT2D eigenvalue weighted by molar-refractivity contribution is -0.159. The number of nitrogens with zero attached hydrogens (tertiary/aromatic N) is 1. The van der Waals surface area contributed by atoms with E-state index in [1.807, 2.05) is 66.4 Å². The molecule has 1 fully saturated rings. The van der Waals surface area contributed by atoms with Gasteiger partial charge in [0.1, 0.15) is 5.57 Å². The Labute approximate surface area is 192 Å². The Morgan fingerprint density at radius 1 is 1.00 bits per heavy atom. The zero-order valence-corrected chi connectivity index (χ0v) is 18.9. The van der Waals surface area contributed by atoms with Gasteiger partial charge in [0.25, 0.3) is 0 Å². The third-order valence-corrected chi connectivity index (χ3v) is 7.17. The minimum Gasteiger partial charge on any atom is -0.467 e. The van der Waals surface area contributed by atoms with Crippen molar-refractivity contribution in [2.75, 3.05) is 27.3 Å². The van der Waals surface area contributed by atoms with Gasteiger partial charge in [-0.2, -0.15) is 0 Å². The Morgan fingerprint density at radius 3 is 2.36 bits per heavy atom. The van der Waals surface area contributed by atoms with E-state index in [-0.39, 0.29) is 5.57 Å². The molecule has 33 heavy (non-hydrogen) atoms. The molecule has 1 aliphatic heterocycles. The fraction of sp³-hybridized carbons (Fsp3) is 0.296. The van der Waals surface area contributed by atoms with E-state index in [0.29, 0.717) is 18.7 Å². The van der Waals surface area contributed by atoms with Crippen molar-refractivity contribution in [1.82, 2.24) is 4.90 Å². The summed E-state index contributed by atoms with van der Waals surface area (Å²) in [5, 5.41) is 0. The van der Waals surface area contributed by atoms with Crippen LogP contribution in [0.15, 0.2) is 65.7 Å². The van der Waals surface area contributed by atoms with E-state index in [1.54, 1.807) is 0 Å². The fourth-order valence-corrected chi connectivity index (χ4v) is 6.14. The highest BCUT2D eigenvalue weighted by molar-refractivity contribution is 6.38. The lowest BCUT2D eigenvalue weighted by atomic mass is 9.58. The number of fused-ring (bicyclic) bond motifs is 2. The van der Waals surface area contributed by atoms with E-state index in [4.69, 9.17) is 9.47 Å². The summed E-state index contributed by atoms with van der Waals surface area (Å²) in [6.45, 7) is 2.90. The van der Waals surface area contributed by atoms with Gasteiger partial charge in [-0.3, -0.25) is 9.69 Å². The molecule has 0 saturated carbocycles. The van der Waals surface area contributed by atoms with Crippen LogP contribution in [0.2, 0.25) is 0 Å². The largest absolute Gasteiger partial charge is 0.467 e. The molecular formula is C27H25NO5. The molecule has 3 aliphatic rings. The molecular weight excluding hydrogens is 418 g/mol. The van der Waals surface area contributed by atoms with Crippen molar-refractivity contribution in [3.63, 3.8) is 0 Å². The highest BCUT2D eigenvalue weighted by atomic mass is 16.5. The van der Waals surface area contributed by atoms with Crippen molar-refractivity contribution < 1.29 is 23.9 Å². The van der Waals surface area contributed by atoms with Crippen molar-refractivity contribution in [2.45, 2.75) is 24.3 Å². The van der Waals surface area contributed by atoms with Gasteiger partial charge in [-0.05, 0) is 40.8 Å².